The van der Waals surface area contributed by atoms with Gasteiger partial charge in [-0.3, -0.25) is 4.79 Å². The fraction of sp³-hybridized carbons (Fsp3) is 0.625. The first-order chi connectivity index (χ1) is 13.6. The number of hydrogen-bond donors (Lipinski definition) is 0. The SMILES string of the molecule is CC(C)C1=C(C(C)C)C2CC(c3nn4cnc(C(C)C)cc4c32)N(C(C)C)C1=O. The average Bonchev–Trinajstić information content (AvgIpc) is 3.11. The van der Waals surface area contributed by atoms with E-state index >= 15 is 0 Å². The lowest BCUT2D eigenvalue weighted by Crippen LogP contribution is -2.41. The predicted molar refractivity (Wildman–Crippen MR) is 116 cm³/mol. The molecule has 2 unspecified atom stereocenters. The molecule has 2 aromatic heterocycles. The number of rotatable bonds is 4. The van der Waals surface area contributed by atoms with Crippen LogP contribution in [0.2, 0.25) is 0 Å². The van der Waals surface area contributed by atoms with Gasteiger partial charge in [-0.15, -0.1) is 0 Å². The van der Waals surface area contributed by atoms with E-state index in [1.807, 2.05) is 10.8 Å². The Morgan fingerprint density at radius 1 is 1.00 bits per heavy atom. The minimum absolute atomic E-state index is 0.0369. The molecule has 156 valence electrons. The van der Waals surface area contributed by atoms with Crippen molar-refractivity contribution in [3.8, 4) is 0 Å². The number of amides is 1. The molecule has 2 bridgehead atoms. The van der Waals surface area contributed by atoms with Gasteiger partial charge in [0.05, 0.1) is 17.3 Å². The van der Waals surface area contributed by atoms with Gasteiger partial charge in [-0.1, -0.05) is 47.1 Å². The number of fused-ring (bicyclic) bond motifs is 7. The van der Waals surface area contributed by atoms with Crippen molar-refractivity contribution >= 4 is 11.4 Å². The Balaban J connectivity index is 2.05. The highest BCUT2D eigenvalue weighted by atomic mass is 16.2. The van der Waals surface area contributed by atoms with Gasteiger partial charge in [0, 0.05) is 28.8 Å². The number of allylic oxidation sites excluding steroid dienone is 1. The molecule has 0 N–H and O–H groups in total. The fourth-order valence-corrected chi connectivity index (χ4v) is 5.39. The molecule has 5 heteroatoms. The maximum absolute atomic E-state index is 13.7. The van der Waals surface area contributed by atoms with E-state index in [0.29, 0.717) is 11.8 Å². The molecule has 0 aromatic carbocycles. The molecule has 0 spiro atoms. The van der Waals surface area contributed by atoms with Gasteiger partial charge >= 0.3 is 0 Å². The van der Waals surface area contributed by atoms with Crippen LogP contribution in [0.3, 0.4) is 0 Å². The summed E-state index contributed by atoms with van der Waals surface area (Å²) < 4.78 is 1.93. The average molecular weight is 395 g/mol. The monoisotopic (exact) mass is 394 g/mol. The zero-order valence-corrected chi connectivity index (χ0v) is 19.0. The van der Waals surface area contributed by atoms with E-state index in [4.69, 9.17) is 5.10 Å². The maximum Gasteiger partial charge on any atom is 0.250 e. The second-order valence-corrected chi connectivity index (χ2v) is 9.89. The van der Waals surface area contributed by atoms with Crippen molar-refractivity contribution in [2.24, 2.45) is 11.8 Å². The Morgan fingerprint density at radius 3 is 2.24 bits per heavy atom. The molecule has 1 amide bonds. The highest BCUT2D eigenvalue weighted by Gasteiger charge is 2.48. The molecular weight excluding hydrogens is 360 g/mol. The highest BCUT2D eigenvalue weighted by Crippen LogP contribution is 2.54. The summed E-state index contributed by atoms with van der Waals surface area (Å²) in [7, 11) is 0. The summed E-state index contributed by atoms with van der Waals surface area (Å²) >= 11 is 0. The Labute approximate surface area is 174 Å². The number of carbonyl (C=O) groups excluding carboxylic acids is 1. The first-order valence-corrected chi connectivity index (χ1v) is 11.1. The van der Waals surface area contributed by atoms with Gasteiger partial charge < -0.3 is 4.90 Å². The zero-order valence-electron chi connectivity index (χ0n) is 19.0. The quantitative estimate of drug-likeness (QED) is 0.712. The second kappa shape index (κ2) is 6.96. The third kappa shape index (κ3) is 2.92. The van der Waals surface area contributed by atoms with E-state index in [2.05, 4.69) is 71.3 Å². The van der Waals surface area contributed by atoms with E-state index in [-0.39, 0.29) is 29.8 Å². The first kappa shape index (κ1) is 20.1. The molecule has 2 aliphatic rings. The third-order valence-corrected chi connectivity index (χ3v) is 6.57. The molecule has 4 rings (SSSR count). The van der Waals surface area contributed by atoms with Gasteiger partial charge in [0.2, 0.25) is 0 Å². The number of carbonyl (C=O) groups is 1. The van der Waals surface area contributed by atoms with Crippen LogP contribution in [-0.4, -0.2) is 31.4 Å². The molecule has 0 fully saturated rings. The van der Waals surface area contributed by atoms with Gasteiger partial charge in [0.15, 0.2) is 0 Å². The summed E-state index contributed by atoms with van der Waals surface area (Å²) in [5.74, 6) is 1.35. The Bertz CT molecular complexity index is 996. The summed E-state index contributed by atoms with van der Waals surface area (Å²) in [5, 5.41) is 4.95. The summed E-state index contributed by atoms with van der Waals surface area (Å²) in [6.07, 6.45) is 2.79. The Morgan fingerprint density at radius 2 is 1.69 bits per heavy atom. The molecule has 29 heavy (non-hydrogen) atoms. The molecule has 2 atom stereocenters. The van der Waals surface area contributed by atoms with Crippen molar-refractivity contribution in [1.82, 2.24) is 19.5 Å². The van der Waals surface area contributed by atoms with Crippen molar-refractivity contribution in [2.75, 3.05) is 0 Å². The molecule has 5 nitrogen and oxygen atoms in total. The zero-order chi connectivity index (χ0) is 21.2. The topological polar surface area (TPSA) is 50.5 Å². The normalized spacial score (nSPS) is 22.1. The lowest BCUT2D eigenvalue weighted by atomic mass is 9.79. The van der Waals surface area contributed by atoms with Crippen molar-refractivity contribution in [1.29, 1.82) is 0 Å². The summed E-state index contributed by atoms with van der Waals surface area (Å²) in [4.78, 5) is 20.4. The van der Waals surface area contributed by atoms with Crippen LogP contribution in [-0.2, 0) is 4.79 Å². The van der Waals surface area contributed by atoms with E-state index < -0.39 is 0 Å². The Hall–Kier alpha value is -2.17. The van der Waals surface area contributed by atoms with Crippen LogP contribution in [0.5, 0.6) is 0 Å². The Kier molecular flexibility index (Phi) is 4.83. The second-order valence-electron chi connectivity index (χ2n) is 9.89. The maximum atomic E-state index is 13.7. The minimum atomic E-state index is 0.0369. The standard InChI is InChI=1S/C24H34N4O/c1-12(2)17-10-18-22-16-9-19(23(22)26-27(18)11-25-17)28(15(7)8)24(29)21(14(5)6)20(16)13(3)4/h10-16,19H,9H2,1-8H3. The molecule has 3 heterocycles. The molecule has 0 saturated heterocycles. The van der Waals surface area contributed by atoms with Crippen LogP contribution >= 0.6 is 0 Å². The minimum Gasteiger partial charge on any atom is -0.328 e. The van der Waals surface area contributed by atoms with Crippen molar-refractivity contribution < 1.29 is 4.79 Å². The van der Waals surface area contributed by atoms with Crippen LogP contribution in [0, 0.1) is 11.8 Å². The lowest BCUT2D eigenvalue weighted by Gasteiger charge is -2.33. The fourth-order valence-electron chi connectivity index (χ4n) is 5.39. The van der Waals surface area contributed by atoms with Crippen LogP contribution in [0.4, 0.5) is 0 Å². The van der Waals surface area contributed by atoms with Crippen LogP contribution in [0.15, 0.2) is 23.5 Å². The van der Waals surface area contributed by atoms with Crippen molar-refractivity contribution in [3.05, 3.63) is 40.5 Å². The van der Waals surface area contributed by atoms with Gasteiger partial charge in [-0.05, 0) is 44.1 Å². The van der Waals surface area contributed by atoms with Crippen LogP contribution in [0.1, 0.15) is 96.6 Å². The van der Waals surface area contributed by atoms with E-state index in [1.165, 1.54) is 11.1 Å². The van der Waals surface area contributed by atoms with Gasteiger partial charge in [0.25, 0.3) is 5.91 Å². The van der Waals surface area contributed by atoms with E-state index in [1.54, 1.807) is 0 Å². The summed E-state index contributed by atoms with van der Waals surface area (Å²) in [6, 6.07) is 2.38. The molecular formula is C24H34N4O. The highest BCUT2D eigenvalue weighted by molar-refractivity contribution is 5.96. The third-order valence-electron chi connectivity index (χ3n) is 6.57. The molecule has 0 radical (unpaired) electrons. The van der Waals surface area contributed by atoms with Crippen LogP contribution < -0.4 is 0 Å². The number of nitrogens with zero attached hydrogens (tertiary/aromatic N) is 4. The largest absolute Gasteiger partial charge is 0.328 e. The van der Waals surface area contributed by atoms with E-state index in [9.17, 15) is 4.79 Å². The number of hydrogen-bond acceptors (Lipinski definition) is 3. The first-order valence-electron chi connectivity index (χ1n) is 11.1. The van der Waals surface area contributed by atoms with E-state index in [0.717, 1.165) is 28.9 Å². The van der Waals surface area contributed by atoms with Gasteiger partial charge in [-0.2, -0.15) is 5.10 Å². The predicted octanol–water partition coefficient (Wildman–Crippen LogP) is 5.24. The van der Waals surface area contributed by atoms with Crippen molar-refractivity contribution in [3.63, 3.8) is 0 Å². The number of aromatic nitrogens is 3. The van der Waals surface area contributed by atoms with Gasteiger partial charge in [0.1, 0.15) is 6.33 Å². The van der Waals surface area contributed by atoms with Gasteiger partial charge in [-0.25, -0.2) is 9.50 Å². The molecule has 1 aliphatic carbocycles. The molecule has 0 saturated carbocycles. The van der Waals surface area contributed by atoms with Crippen LogP contribution in [0.25, 0.3) is 5.52 Å². The summed E-state index contributed by atoms with van der Waals surface area (Å²) in [6.45, 7) is 17.4. The smallest absolute Gasteiger partial charge is 0.250 e. The van der Waals surface area contributed by atoms with Crippen molar-refractivity contribution in [2.45, 2.75) is 85.7 Å². The molecule has 1 aliphatic heterocycles. The summed E-state index contributed by atoms with van der Waals surface area (Å²) in [5.41, 5.74) is 6.97. The molecule has 2 aromatic rings. The lowest BCUT2D eigenvalue weighted by molar-refractivity contribution is -0.131.